The lowest BCUT2D eigenvalue weighted by atomic mass is 10.1. The van der Waals surface area contributed by atoms with Crippen molar-refractivity contribution in [2.45, 2.75) is 26.5 Å². The van der Waals surface area contributed by atoms with Gasteiger partial charge in [-0.25, -0.2) is 0 Å². The van der Waals surface area contributed by atoms with Crippen LogP contribution < -0.4 is 10.3 Å². The number of aliphatic hydroxyl groups is 1. The van der Waals surface area contributed by atoms with E-state index in [0.717, 1.165) is 16.8 Å². The van der Waals surface area contributed by atoms with Gasteiger partial charge in [0.15, 0.2) is 0 Å². The molecule has 0 saturated carbocycles. The van der Waals surface area contributed by atoms with Crippen LogP contribution in [0.25, 0.3) is 0 Å². The van der Waals surface area contributed by atoms with Crippen LogP contribution in [0.3, 0.4) is 0 Å². The van der Waals surface area contributed by atoms with E-state index in [9.17, 15) is 9.90 Å². The molecule has 0 spiro atoms. The number of aromatic nitrogens is 1. The first kappa shape index (κ1) is 14.3. The van der Waals surface area contributed by atoms with Gasteiger partial charge in [-0.1, -0.05) is 12.1 Å². The van der Waals surface area contributed by atoms with Gasteiger partial charge in [0.25, 0.3) is 5.56 Å². The van der Waals surface area contributed by atoms with Crippen LogP contribution in [0.4, 0.5) is 0 Å². The highest BCUT2D eigenvalue weighted by molar-refractivity contribution is 5.38. The van der Waals surface area contributed by atoms with Crippen LogP contribution in [-0.4, -0.2) is 16.8 Å². The summed E-state index contributed by atoms with van der Waals surface area (Å²) in [6.07, 6.45) is -0.548. The van der Waals surface area contributed by atoms with Crippen LogP contribution >= 0.6 is 0 Å². The summed E-state index contributed by atoms with van der Waals surface area (Å²) in [5.74, 6) is 0.713. The van der Waals surface area contributed by atoms with Crippen LogP contribution in [0.2, 0.25) is 0 Å². The van der Waals surface area contributed by atoms with Gasteiger partial charge >= 0.3 is 0 Å². The van der Waals surface area contributed by atoms with E-state index in [2.05, 4.69) is 0 Å². The molecule has 1 N–H and O–H groups in total. The molecule has 4 heteroatoms. The average Bonchev–Trinajstić information content (AvgIpc) is 2.42. The maximum absolute atomic E-state index is 11.9. The third kappa shape index (κ3) is 2.91. The Bertz CT molecular complexity index is 659. The number of aliphatic hydroxyl groups excluding tert-OH is 1. The second-order valence-electron chi connectivity index (χ2n) is 4.84. The van der Waals surface area contributed by atoms with Crippen molar-refractivity contribution in [1.29, 1.82) is 0 Å². The van der Waals surface area contributed by atoms with Gasteiger partial charge < -0.3 is 14.4 Å². The molecule has 1 heterocycles. The molecule has 2 rings (SSSR count). The molecule has 0 fully saturated rings. The average molecular weight is 273 g/mol. The molecule has 2 aromatic rings. The van der Waals surface area contributed by atoms with Crippen molar-refractivity contribution in [3.8, 4) is 5.75 Å². The van der Waals surface area contributed by atoms with Crippen LogP contribution in [-0.2, 0) is 6.54 Å². The highest BCUT2D eigenvalue weighted by Crippen LogP contribution is 2.24. The topological polar surface area (TPSA) is 51.5 Å². The molecular formula is C16H19NO3. The van der Waals surface area contributed by atoms with Crippen LogP contribution in [0, 0.1) is 6.92 Å². The van der Waals surface area contributed by atoms with E-state index >= 15 is 0 Å². The molecule has 0 radical (unpaired) electrons. The quantitative estimate of drug-likeness (QED) is 0.929. The predicted molar refractivity (Wildman–Crippen MR) is 78.2 cm³/mol. The standard InChI is InChI=1S/C16H19NO3/c1-11-5-4-6-16(19)17(11)10-14-9-13(12(2)18)7-8-15(14)20-3/h4-9,12,18H,10H2,1-3H3. The van der Waals surface area contributed by atoms with Gasteiger partial charge in [-0.05, 0) is 37.6 Å². The van der Waals surface area contributed by atoms with Gasteiger partial charge in [-0.15, -0.1) is 0 Å². The Morgan fingerprint density at radius 2 is 2.05 bits per heavy atom. The molecule has 0 aliphatic rings. The van der Waals surface area contributed by atoms with Crippen molar-refractivity contribution in [3.63, 3.8) is 0 Å². The molecular weight excluding hydrogens is 254 g/mol. The van der Waals surface area contributed by atoms with Gasteiger partial charge in [-0.3, -0.25) is 4.79 Å². The highest BCUT2D eigenvalue weighted by atomic mass is 16.5. The van der Waals surface area contributed by atoms with E-state index in [0.29, 0.717) is 12.3 Å². The van der Waals surface area contributed by atoms with Crippen LogP contribution in [0.1, 0.15) is 29.8 Å². The summed E-state index contributed by atoms with van der Waals surface area (Å²) in [5, 5.41) is 9.68. The maximum atomic E-state index is 11.9. The minimum Gasteiger partial charge on any atom is -0.496 e. The second kappa shape index (κ2) is 5.92. The highest BCUT2D eigenvalue weighted by Gasteiger charge is 2.10. The number of pyridine rings is 1. The summed E-state index contributed by atoms with van der Waals surface area (Å²) in [6.45, 7) is 4.03. The van der Waals surface area contributed by atoms with Gasteiger partial charge in [0.1, 0.15) is 5.75 Å². The van der Waals surface area contributed by atoms with Crippen molar-refractivity contribution in [3.05, 3.63) is 63.6 Å². The monoisotopic (exact) mass is 273 g/mol. The summed E-state index contributed by atoms with van der Waals surface area (Å²) in [7, 11) is 1.60. The third-order valence-corrected chi connectivity index (χ3v) is 3.38. The number of nitrogens with zero attached hydrogens (tertiary/aromatic N) is 1. The summed E-state index contributed by atoms with van der Waals surface area (Å²) < 4.78 is 7.02. The van der Waals surface area contributed by atoms with E-state index < -0.39 is 6.10 Å². The second-order valence-corrected chi connectivity index (χ2v) is 4.84. The molecule has 0 amide bonds. The molecule has 1 aromatic carbocycles. The Labute approximate surface area is 118 Å². The summed E-state index contributed by atoms with van der Waals surface area (Å²) >= 11 is 0. The number of benzene rings is 1. The maximum Gasteiger partial charge on any atom is 0.251 e. The first-order valence-corrected chi connectivity index (χ1v) is 6.54. The normalized spacial score (nSPS) is 12.2. The molecule has 4 nitrogen and oxygen atoms in total. The lowest BCUT2D eigenvalue weighted by Crippen LogP contribution is -2.21. The Balaban J connectivity index is 2.46. The minimum atomic E-state index is -0.548. The fourth-order valence-corrected chi connectivity index (χ4v) is 2.18. The van der Waals surface area contributed by atoms with Crippen molar-refractivity contribution < 1.29 is 9.84 Å². The number of methoxy groups -OCH3 is 1. The van der Waals surface area contributed by atoms with E-state index in [1.54, 1.807) is 24.7 Å². The zero-order valence-electron chi connectivity index (χ0n) is 12.0. The minimum absolute atomic E-state index is 0.0468. The van der Waals surface area contributed by atoms with Crippen LogP contribution in [0.15, 0.2) is 41.2 Å². The van der Waals surface area contributed by atoms with Crippen molar-refractivity contribution in [2.75, 3.05) is 7.11 Å². The molecule has 0 aliphatic carbocycles. The zero-order valence-corrected chi connectivity index (χ0v) is 12.0. The predicted octanol–water partition coefficient (Wildman–Crippen LogP) is 2.27. The van der Waals surface area contributed by atoms with E-state index in [1.165, 1.54) is 6.07 Å². The van der Waals surface area contributed by atoms with Gasteiger partial charge in [-0.2, -0.15) is 0 Å². The largest absolute Gasteiger partial charge is 0.496 e. The Morgan fingerprint density at radius 3 is 2.65 bits per heavy atom. The molecule has 1 atom stereocenters. The first-order chi connectivity index (χ1) is 9.52. The number of rotatable bonds is 4. The molecule has 1 aromatic heterocycles. The summed E-state index contributed by atoms with van der Waals surface area (Å²) in [6, 6.07) is 10.7. The zero-order chi connectivity index (χ0) is 14.7. The third-order valence-electron chi connectivity index (χ3n) is 3.38. The van der Waals surface area contributed by atoms with Crippen molar-refractivity contribution in [1.82, 2.24) is 4.57 Å². The number of aryl methyl sites for hydroxylation is 1. The first-order valence-electron chi connectivity index (χ1n) is 6.54. The number of hydrogen-bond donors (Lipinski definition) is 1. The lowest BCUT2D eigenvalue weighted by Gasteiger charge is -2.15. The smallest absolute Gasteiger partial charge is 0.251 e. The molecule has 0 saturated heterocycles. The van der Waals surface area contributed by atoms with Crippen LogP contribution in [0.5, 0.6) is 5.75 Å². The summed E-state index contributed by atoms with van der Waals surface area (Å²) in [4.78, 5) is 11.9. The fourth-order valence-electron chi connectivity index (χ4n) is 2.18. The van der Waals surface area contributed by atoms with Crippen molar-refractivity contribution >= 4 is 0 Å². The SMILES string of the molecule is COc1ccc(C(C)O)cc1Cn1c(C)cccc1=O. The molecule has 20 heavy (non-hydrogen) atoms. The van der Waals surface area contributed by atoms with Gasteiger partial charge in [0, 0.05) is 17.3 Å². The fraction of sp³-hybridized carbons (Fsp3) is 0.312. The van der Waals surface area contributed by atoms with E-state index in [4.69, 9.17) is 4.74 Å². The summed E-state index contributed by atoms with van der Waals surface area (Å²) in [5.41, 5.74) is 2.53. The lowest BCUT2D eigenvalue weighted by molar-refractivity contribution is 0.199. The molecule has 1 unspecified atom stereocenters. The van der Waals surface area contributed by atoms with Gasteiger partial charge in [0.2, 0.25) is 0 Å². The molecule has 0 bridgehead atoms. The number of ether oxygens (including phenoxy) is 1. The Kier molecular flexibility index (Phi) is 4.25. The van der Waals surface area contributed by atoms with Crippen molar-refractivity contribution in [2.24, 2.45) is 0 Å². The molecule has 106 valence electrons. The Morgan fingerprint density at radius 1 is 1.30 bits per heavy atom. The molecule has 0 aliphatic heterocycles. The van der Waals surface area contributed by atoms with Gasteiger partial charge in [0.05, 0.1) is 19.8 Å². The number of hydrogen-bond acceptors (Lipinski definition) is 3. The van der Waals surface area contributed by atoms with E-state index in [1.807, 2.05) is 31.2 Å². The van der Waals surface area contributed by atoms with E-state index in [-0.39, 0.29) is 5.56 Å². The Hall–Kier alpha value is -2.07.